The lowest BCUT2D eigenvalue weighted by atomic mass is 10.2. The normalized spacial score (nSPS) is 17.0. The van der Waals surface area contributed by atoms with Gasteiger partial charge in [-0.2, -0.15) is 0 Å². The van der Waals surface area contributed by atoms with Gasteiger partial charge in [0.1, 0.15) is 0 Å². The van der Waals surface area contributed by atoms with E-state index >= 15 is 0 Å². The van der Waals surface area contributed by atoms with E-state index in [0.717, 1.165) is 39.3 Å². The van der Waals surface area contributed by atoms with E-state index in [2.05, 4.69) is 42.5 Å². The van der Waals surface area contributed by atoms with Gasteiger partial charge in [-0.25, -0.2) is 4.98 Å². The summed E-state index contributed by atoms with van der Waals surface area (Å²) in [6.07, 6.45) is 3.54. The molecular formula is C16H28N4O. The second-order valence-electron chi connectivity index (χ2n) is 6.78. The number of nitrogens with zero attached hydrogens (tertiary/aromatic N) is 4. The summed E-state index contributed by atoms with van der Waals surface area (Å²) in [5.41, 5.74) is 0.0449. The lowest BCUT2D eigenvalue weighted by molar-refractivity contribution is 0.230. The summed E-state index contributed by atoms with van der Waals surface area (Å²) in [7, 11) is 0. The number of hydrogen-bond acceptors (Lipinski definition) is 4. The molecule has 2 rings (SSSR count). The van der Waals surface area contributed by atoms with Crippen LogP contribution in [0.1, 0.15) is 27.7 Å². The van der Waals surface area contributed by atoms with Gasteiger partial charge in [-0.3, -0.25) is 9.69 Å². The average molecular weight is 292 g/mol. The third-order valence-electron chi connectivity index (χ3n) is 3.75. The number of aromatic nitrogens is 2. The maximum absolute atomic E-state index is 12.5. The summed E-state index contributed by atoms with van der Waals surface area (Å²) >= 11 is 0. The van der Waals surface area contributed by atoms with E-state index in [1.54, 1.807) is 17.0 Å². The van der Waals surface area contributed by atoms with Gasteiger partial charge in [0, 0.05) is 51.7 Å². The van der Waals surface area contributed by atoms with Crippen LogP contribution in [0.15, 0.2) is 17.2 Å². The van der Waals surface area contributed by atoms with Crippen LogP contribution >= 0.6 is 0 Å². The molecule has 1 fully saturated rings. The molecule has 1 aromatic rings. The van der Waals surface area contributed by atoms with Crippen molar-refractivity contribution in [2.75, 3.05) is 37.6 Å². The zero-order chi connectivity index (χ0) is 15.4. The molecular weight excluding hydrogens is 264 g/mol. The van der Waals surface area contributed by atoms with Gasteiger partial charge < -0.3 is 9.47 Å². The Kier molecular flexibility index (Phi) is 5.39. The lowest BCUT2D eigenvalue weighted by Crippen LogP contribution is -2.49. The quantitative estimate of drug-likeness (QED) is 0.828. The van der Waals surface area contributed by atoms with Gasteiger partial charge in [-0.15, -0.1) is 0 Å². The molecule has 0 unspecified atom stereocenters. The van der Waals surface area contributed by atoms with Crippen LogP contribution in [-0.4, -0.2) is 47.2 Å². The molecule has 0 amide bonds. The molecule has 0 atom stereocenters. The van der Waals surface area contributed by atoms with Gasteiger partial charge >= 0.3 is 0 Å². The molecule has 2 heterocycles. The Bertz CT molecular complexity index is 501. The Hall–Kier alpha value is -1.36. The number of anilines is 1. The molecule has 1 saturated heterocycles. The fourth-order valence-electron chi connectivity index (χ4n) is 2.85. The van der Waals surface area contributed by atoms with Crippen LogP contribution in [-0.2, 0) is 6.54 Å². The molecule has 0 bridgehead atoms. The van der Waals surface area contributed by atoms with Crippen LogP contribution in [0.4, 0.5) is 5.82 Å². The first-order chi connectivity index (χ1) is 9.97. The van der Waals surface area contributed by atoms with Crippen molar-refractivity contribution < 1.29 is 0 Å². The minimum atomic E-state index is 0.0449. The maximum atomic E-state index is 12.5. The molecule has 21 heavy (non-hydrogen) atoms. The van der Waals surface area contributed by atoms with E-state index in [0.29, 0.717) is 17.7 Å². The molecule has 1 aliphatic heterocycles. The van der Waals surface area contributed by atoms with Crippen LogP contribution in [0.2, 0.25) is 0 Å². The third-order valence-corrected chi connectivity index (χ3v) is 3.75. The first kappa shape index (κ1) is 16.0. The first-order valence-electron chi connectivity index (χ1n) is 8.00. The number of hydrogen-bond donors (Lipinski definition) is 0. The van der Waals surface area contributed by atoms with Crippen LogP contribution in [0.3, 0.4) is 0 Å². The zero-order valence-corrected chi connectivity index (χ0v) is 13.7. The van der Waals surface area contributed by atoms with Gasteiger partial charge in [-0.1, -0.05) is 27.7 Å². The average Bonchev–Trinajstić information content (AvgIpc) is 2.41. The predicted octanol–water partition coefficient (Wildman–Crippen LogP) is 1.68. The second-order valence-corrected chi connectivity index (χ2v) is 6.78. The zero-order valence-electron chi connectivity index (χ0n) is 13.7. The second kappa shape index (κ2) is 7.07. The summed E-state index contributed by atoms with van der Waals surface area (Å²) in [6, 6.07) is 0. The Morgan fingerprint density at radius 1 is 1.05 bits per heavy atom. The Morgan fingerprint density at radius 2 is 1.67 bits per heavy atom. The van der Waals surface area contributed by atoms with E-state index in [4.69, 9.17) is 0 Å². The highest BCUT2D eigenvalue weighted by atomic mass is 16.1. The van der Waals surface area contributed by atoms with E-state index < -0.39 is 0 Å². The summed E-state index contributed by atoms with van der Waals surface area (Å²) in [5, 5.41) is 0. The predicted molar refractivity (Wildman–Crippen MR) is 86.8 cm³/mol. The van der Waals surface area contributed by atoms with Crippen molar-refractivity contribution in [1.82, 2.24) is 14.5 Å². The van der Waals surface area contributed by atoms with Gasteiger partial charge in [0.05, 0.1) is 0 Å². The highest BCUT2D eigenvalue weighted by Crippen LogP contribution is 2.10. The van der Waals surface area contributed by atoms with Crippen LogP contribution in [0, 0.1) is 11.8 Å². The van der Waals surface area contributed by atoms with Crippen LogP contribution < -0.4 is 10.5 Å². The number of piperazine rings is 1. The molecule has 5 nitrogen and oxygen atoms in total. The molecule has 0 saturated carbocycles. The van der Waals surface area contributed by atoms with Gasteiger partial charge in [0.25, 0.3) is 5.56 Å². The fourth-order valence-corrected chi connectivity index (χ4v) is 2.85. The van der Waals surface area contributed by atoms with E-state index in [1.807, 2.05) is 0 Å². The highest BCUT2D eigenvalue weighted by Gasteiger charge is 2.21. The van der Waals surface area contributed by atoms with Crippen molar-refractivity contribution >= 4 is 5.82 Å². The lowest BCUT2D eigenvalue weighted by Gasteiger charge is -2.35. The maximum Gasteiger partial charge on any atom is 0.293 e. The van der Waals surface area contributed by atoms with Crippen molar-refractivity contribution in [2.45, 2.75) is 34.2 Å². The van der Waals surface area contributed by atoms with Crippen molar-refractivity contribution in [2.24, 2.45) is 11.8 Å². The van der Waals surface area contributed by atoms with Crippen molar-refractivity contribution in [1.29, 1.82) is 0 Å². The molecule has 0 radical (unpaired) electrons. The fraction of sp³-hybridized carbons (Fsp3) is 0.750. The molecule has 1 aromatic heterocycles. The highest BCUT2D eigenvalue weighted by molar-refractivity contribution is 5.36. The van der Waals surface area contributed by atoms with E-state index in [1.165, 1.54) is 0 Å². The van der Waals surface area contributed by atoms with Crippen molar-refractivity contribution in [3.63, 3.8) is 0 Å². The molecule has 0 aliphatic carbocycles. The molecule has 0 spiro atoms. The Labute approximate surface area is 127 Å². The Balaban J connectivity index is 2.05. The van der Waals surface area contributed by atoms with Crippen molar-refractivity contribution in [3.8, 4) is 0 Å². The summed E-state index contributed by atoms with van der Waals surface area (Å²) in [4.78, 5) is 21.4. The minimum Gasteiger partial charge on any atom is -0.349 e. The summed E-state index contributed by atoms with van der Waals surface area (Å²) in [5.74, 6) is 1.76. The largest absolute Gasteiger partial charge is 0.349 e. The van der Waals surface area contributed by atoms with E-state index in [-0.39, 0.29) is 5.56 Å². The van der Waals surface area contributed by atoms with Gasteiger partial charge in [0.2, 0.25) is 0 Å². The number of rotatable bonds is 5. The van der Waals surface area contributed by atoms with Gasteiger partial charge in [0.15, 0.2) is 5.82 Å². The molecule has 0 aromatic carbocycles. The minimum absolute atomic E-state index is 0.0449. The molecule has 118 valence electrons. The molecule has 0 N–H and O–H groups in total. The summed E-state index contributed by atoms with van der Waals surface area (Å²) in [6.45, 7) is 14.4. The standard InChI is InChI=1S/C16H28N4O/c1-13(2)11-18-7-9-19(10-8-18)15-16(21)20(6-5-17-15)12-14(3)4/h5-6,13-14H,7-12H2,1-4H3. The summed E-state index contributed by atoms with van der Waals surface area (Å²) < 4.78 is 1.79. The smallest absolute Gasteiger partial charge is 0.293 e. The Morgan fingerprint density at radius 3 is 2.24 bits per heavy atom. The monoisotopic (exact) mass is 292 g/mol. The SMILES string of the molecule is CC(C)CN1CCN(c2nccn(CC(C)C)c2=O)CC1. The topological polar surface area (TPSA) is 41.4 Å². The first-order valence-corrected chi connectivity index (χ1v) is 8.00. The van der Waals surface area contributed by atoms with E-state index in [9.17, 15) is 4.79 Å². The third kappa shape index (κ3) is 4.30. The molecule has 1 aliphatic rings. The van der Waals surface area contributed by atoms with Crippen molar-refractivity contribution in [3.05, 3.63) is 22.7 Å². The van der Waals surface area contributed by atoms with Gasteiger partial charge in [-0.05, 0) is 11.8 Å². The molecule has 5 heteroatoms. The van der Waals surface area contributed by atoms with Crippen LogP contribution in [0.5, 0.6) is 0 Å². The van der Waals surface area contributed by atoms with Crippen LogP contribution in [0.25, 0.3) is 0 Å².